The molecule has 14 atom stereocenters. The molecule has 5 aliphatic carbocycles. The Labute approximate surface area is 263 Å². The fourth-order valence-corrected chi connectivity index (χ4v) is 11.5. The molecule has 8 nitrogen and oxygen atoms in total. The average Bonchev–Trinajstić information content (AvgIpc) is 2.97. The molecule has 250 valence electrons. The molecule has 1 heterocycles. The van der Waals surface area contributed by atoms with E-state index in [1.807, 2.05) is 0 Å². The number of rotatable bonds is 4. The van der Waals surface area contributed by atoms with Crippen molar-refractivity contribution in [2.75, 3.05) is 13.2 Å². The first-order valence-electron chi connectivity index (χ1n) is 17.1. The zero-order valence-corrected chi connectivity index (χ0v) is 27.9. The summed E-state index contributed by atoms with van der Waals surface area (Å²) < 4.78 is 12.8. The van der Waals surface area contributed by atoms with E-state index in [-0.39, 0.29) is 46.7 Å². The molecule has 0 bridgehead atoms. The molecule has 0 aromatic rings. The number of ether oxygens (including phenoxy) is 2. The third-order valence-electron chi connectivity index (χ3n) is 14.7. The van der Waals surface area contributed by atoms with E-state index in [1.165, 1.54) is 11.1 Å². The molecular formula is C36H58O8. The van der Waals surface area contributed by atoms with E-state index in [4.69, 9.17) is 9.47 Å². The molecule has 0 aromatic heterocycles. The number of hydrogen-bond donors (Lipinski definition) is 6. The summed E-state index contributed by atoms with van der Waals surface area (Å²) in [6.45, 7) is 15.4. The fourth-order valence-electron chi connectivity index (χ4n) is 11.5. The minimum atomic E-state index is -1.41. The van der Waals surface area contributed by atoms with Gasteiger partial charge in [0.05, 0.1) is 31.5 Å². The average molecular weight is 619 g/mol. The number of fused-ring (bicyclic) bond motifs is 6. The molecule has 4 unspecified atom stereocenters. The molecule has 4 fully saturated rings. The van der Waals surface area contributed by atoms with Gasteiger partial charge in [0.25, 0.3) is 0 Å². The van der Waals surface area contributed by atoms with Crippen molar-refractivity contribution in [2.45, 2.75) is 143 Å². The normalized spacial score (nSPS) is 55.1. The second-order valence-corrected chi connectivity index (χ2v) is 17.5. The molecule has 1 saturated heterocycles. The Morgan fingerprint density at radius 2 is 1.57 bits per heavy atom. The van der Waals surface area contributed by atoms with Gasteiger partial charge in [-0.1, -0.05) is 59.3 Å². The summed E-state index contributed by atoms with van der Waals surface area (Å²) in [4.78, 5) is 0. The Morgan fingerprint density at radius 1 is 0.864 bits per heavy atom. The highest BCUT2D eigenvalue weighted by Gasteiger charge is 2.69. The van der Waals surface area contributed by atoms with Crippen molar-refractivity contribution in [3.05, 3.63) is 23.3 Å². The standard InChI is InChI=1S/C36H58O8/c1-20-27(40)28(41)29(42)30(43-20)44-26-17-35(7)21(22-16-31(2,3)14-15-36(22,26)19-38)8-9-24-32(4)12-11-25(39)33(5,18-37)23(32)10-13-34(24,35)6/h8-9,20,23-30,37-42H,10-19H2,1-7H3/t20-,23?,24?,25-,26+,27+,28+,29-,30-,32-,33?,34+,35+,36?/m0/s1. The third kappa shape index (κ3) is 4.31. The van der Waals surface area contributed by atoms with E-state index >= 15 is 0 Å². The molecule has 8 heteroatoms. The quantitative estimate of drug-likeness (QED) is 0.279. The third-order valence-corrected chi connectivity index (χ3v) is 14.7. The van der Waals surface area contributed by atoms with Crippen LogP contribution in [-0.2, 0) is 9.47 Å². The van der Waals surface area contributed by atoms with Crippen molar-refractivity contribution in [3.63, 3.8) is 0 Å². The van der Waals surface area contributed by atoms with Crippen molar-refractivity contribution in [2.24, 2.45) is 44.3 Å². The molecule has 3 saturated carbocycles. The van der Waals surface area contributed by atoms with Gasteiger partial charge in [-0.25, -0.2) is 0 Å². The molecule has 44 heavy (non-hydrogen) atoms. The Hall–Kier alpha value is -0.840. The van der Waals surface area contributed by atoms with Gasteiger partial charge in [0, 0.05) is 16.2 Å². The van der Waals surface area contributed by atoms with Gasteiger partial charge >= 0.3 is 0 Å². The van der Waals surface area contributed by atoms with E-state index in [0.717, 1.165) is 38.5 Å². The molecule has 6 aliphatic rings. The number of allylic oxidation sites excluding steroid dienone is 3. The van der Waals surface area contributed by atoms with E-state index in [1.54, 1.807) is 6.92 Å². The highest BCUT2D eigenvalue weighted by molar-refractivity contribution is 5.47. The van der Waals surface area contributed by atoms with Crippen LogP contribution in [0.4, 0.5) is 0 Å². The largest absolute Gasteiger partial charge is 0.396 e. The van der Waals surface area contributed by atoms with Gasteiger partial charge in [-0.3, -0.25) is 0 Å². The lowest BCUT2D eigenvalue weighted by molar-refractivity contribution is -0.319. The molecule has 0 aromatic carbocycles. The first-order valence-corrected chi connectivity index (χ1v) is 17.1. The topological polar surface area (TPSA) is 140 Å². The van der Waals surface area contributed by atoms with Crippen molar-refractivity contribution in [1.82, 2.24) is 0 Å². The van der Waals surface area contributed by atoms with Gasteiger partial charge < -0.3 is 40.1 Å². The van der Waals surface area contributed by atoms with Crippen LogP contribution in [0.3, 0.4) is 0 Å². The van der Waals surface area contributed by atoms with Crippen molar-refractivity contribution < 1.29 is 40.1 Å². The van der Waals surface area contributed by atoms with Crippen LogP contribution >= 0.6 is 0 Å². The molecule has 6 rings (SSSR count). The van der Waals surface area contributed by atoms with Crippen LogP contribution < -0.4 is 0 Å². The zero-order chi connectivity index (χ0) is 32.3. The maximum absolute atomic E-state index is 11.3. The van der Waals surface area contributed by atoms with E-state index in [2.05, 4.69) is 53.7 Å². The monoisotopic (exact) mass is 618 g/mol. The lowest BCUT2D eigenvalue weighted by Gasteiger charge is -2.70. The van der Waals surface area contributed by atoms with Crippen LogP contribution in [-0.4, -0.2) is 86.8 Å². The van der Waals surface area contributed by atoms with Gasteiger partial charge in [-0.2, -0.15) is 0 Å². The Morgan fingerprint density at radius 3 is 2.23 bits per heavy atom. The second-order valence-electron chi connectivity index (χ2n) is 17.5. The van der Waals surface area contributed by atoms with Crippen LogP contribution in [0, 0.1) is 44.3 Å². The van der Waals surface area contributed by atoms with E-state index in [0.29, 0.717) is 12.8 Å². The van der Waals surface area contributed by atoms with Crippen LogP contribution in [0.25, 0.3) is 0 Å². The van der Waals surface area contributed by atoms with Gasteiger partial charge in [-0.15, -0.1) is 0 Å². The van der Waals surface area contributed by atoms with Crippen LogP contribution in [0.2, 0.25) is 0 Å². The summed E-state index contributed by atoms with van der Waals surface area (Å²) in [5.41, 5.74) is 0.844. The maximum Gasteiger partial charge on any atom is 0.186 e. The Balaban J connectivity index is 1.47. The summed E-state index contributed by atoms with van der Waals surface area (Å²) in [5, 5.41) is 64.9. The molecule has 0 amide bonds. The summed E-state index contributed by atoms with van der Waals surface area (Å²) in [6, 6.07) is 0. The fraction of sp³-hybridized carbons (Fsp3) is 0.889. The number of aliphatic hydroxyl groups excluding tert-OH is 6. The molecular weight excluding hydrogens is 560 g/mol. The predicted molar refractivity (Wildman–Crippen MR) is 166 cm³/mol. The molecule has 6 N–H and O–H groups in total. The van der Waals surface area contributed by atoms with Crippen molar-refractivity contribution >= 4 is 0 Å². The number of hydrogen-bond acceptors (Lipinski definition) is 8. The SMILES string of the molecule is C[C@@H]1O[C@@H](O[C@@H]2C[C@]3(C)C(=C4CC(C)(C)CCC42CO)C=CC2[C@@]4(C)CC[C@H](O)C(C)(CO)C4CC[C@]23C)[C@@H](O)[C@H](O)[C@@H]1O. The van der Waals surface area contributed by atoms with E-state index in [9.17, 15) is 30.6 Å². The minimum absolute atomic E-state index is 0.0269. The van der Waals surface area contributed by atoms with Crippen molar-refractivity contribution in [3.8, 4) is 0 Å². The highest BCUT2D eigenvalue weighted by Crippen LogP contribution is 2.74. The Kier molecular flexibility index (Phi) is 7.95. The smallest absolute Gasteiger partial charge is 0.186 e. The molecule has 1 aliphatic heterocycles. The van der Waals surface area contributed by atoms with Crippen LogP contribution in [0.1, 0.15) is 99.8 Å². The van der Waals surface area contributed by atoms with Crippen molar-refractivity contribution in [1.29, 1.82) is 0 Å². The lowest BCUT2D eigenvalue weighted by Crippen LogP contribution is -2.66. The molecule has 0 radical (unpaired) electrons. The summed E-state index contributed by atoms with van der Waals surface area (Å²) in [5.74, 6) is 0.402. The van der Waals surface area contributed by atoms with Crippen LogP contribution in [0.5, 0.6) is 0 Å². The first kappa shape index (κ1) is 33.1. The number of aliphatic hydroxyl groups is 6. The van der Waals surface area contributed by atoms with E-state index < -0.39 is 53.7 Å². The van der Waals surface area contributed by atoms with Gasteiger partial charge in [0.1, 0.15) is 18.3 Å². The predicted octanol–water partition coefficient (Wildman–Crippen LogP) is 3.86. The minimum Gasteiger partial charge on any atom is -0.396 e. The Bertz CT molecular complexity index is 1200. The maximum atomic E-state index is 11.3. The van der Waals surface area contributed by atoms with Crippen LogP contribution in [0.15, 0.2) is 23.3 Å². The second kappa shape index (κ2) is 10.6. The summed E-state index contributed by atoms with van der Waals surface area (Å²) in [7, 11) is 0. The first-order chi connectivity index (χ1) is 20.4. The van der Waals surface area contributed by atoms with Gasteiger partial charge in [-0.05, 0) is 91.9 Å². The zero-order valence-electron chi connectivity index (χ0n) is 27.9. The van der Waals surface area contributed by atoms with Gasteiger partial charge in [0.2, 0.25) is 0 Å². The lowest BCUT2D eigenvalue weighted by atomic mass is 9.35. The highest BCUT2D eigenvalue weighted by atomic mass is 16.7. The summed E-state index contributed by atoms with van der Waals surface area (Å²) >= 11 is 0. The molecule has 0 spiro atoms. The summed E-state index contributed by atoms with van der Waals surface area (Å²) in [6.07, 6.45) is 4.52. The van der Waals surface area contributed by atoms with Gasteiger partial charge in [0.15, 0.2) is 6.29 Å².